The van der Waals surface area contributed by atoms with Crippen molar-refractivity contribution in [2.24, 2.45) is 0 Å². The zero-order chi connectivity index (χ0) is 22.4. The summed E-state index contributed by atoms with van der Waals surface area (Å²) in [5.74, 6) is -2.48. The van der Waals surface area contributed by atoms with Crippen LogP contribution in [0.5, 0.6) is 0 Å². The summed E-state index contributed by atoms with van der Waals surface area (Å²) in [5.41, 5.74) is 0. The smallest absolute Gasteiger partial charge is 0.155 e. The van der Waals surface area contributed by atoms with Crippen LogP contribution in [0.1, 0.15) is 79.1 Å². The molecule has 0 aromatic heterocycles. The fraction of sp³-hybridized carbons (Fsp3) is 0.727. The van der Waals surface area contributed by atoms with Gasteiger partial charge in [-0.2, -0.15) is 0 Å². The molecule has 0 N–H and O–H groups in total. The van der Waals surface area contributed by atoms with Gasteiger partial charge >= 0.3 is 0 Å². The van der Waals surface area contributed by atoms with Gasteiger partial charge in [0.1, 0.15) is 0 Å². The highest BCUT2D eigenvalue weighted by molar-refractivity contribution is 14.1. The molecule has 8 heteroatoms. The second kappa shape index (κ2) is 19.0. The van der Waals surface area contributed by atoms with Gasteiger partial charge in [-0.15, -0.1) is 0 Å². The average molecular weight is 832 g/mol. The van der Waals surface area contributed by atoms with E-state index in [-0.39, 0.29) is 27.7 Å². The number of halogens is 7. The first-order chi connectivity index (χ1) is 13.7. The number of hydrogen-bond donors (Lipinski definition) is 0. The van der Waals surface area contributed by atoms with Gasteiger partial charge in [0.15, 0.2) is 17.5 Å². The summed E-state index contributed by atoms with van der Waals surface area (Å²) in [6.07, 6.45) is 11.1. The summed E-state index contributed by atoms with van der Waals surface area (Å²) < 4.78 is 39.7. The molecule has 0 bridgehead atoms. The first-order valence-corrected chi connectivity index (χ1v) is 14.0. The molecule has 0 aliphatic rings. The Morgan fingerprint density at radius 3 is 0.900 bits per heavy atom. The van der Waals surface area contributed by atoms with Crippen LogP contribution in [-0.4, -0.2) is 30.7 Å². The molecular formula is C22H36BrF3I3N. The number of quaternary nitrogens is 1. The molecule has 1 rings (SSSR count). The van der Waals surface area contributed by atoms with Crippen molar-refractivity contribution in [2.75, 3.05) is 26.2 Å². The zero-order valence-electron chi connectivity index (χ0n) is 18.6. The molecule has 0 heterocycles. The van der Waals surface area contributed by atoms with Gasteiger partial charge in [-0.3, -0.25) is 0 Å². The van der Waals surface area contributed by atoms with E-state index in [4.69, 9.17) is 0 Å². The zero-order valence-corrected chi connectivity index (χ0v) is 26.6. The van der Waals surface area contributed by atoms with Gasteiger partial charge in [0, 0.05) is 0 Å². The minimum absolute atomic E-state index is 0. The van der Waals surface area contributed by atoms with Crippen molar-refractivity contribution in [1.82, 2.24) is 0 Å². The molecule has 0 atom stereocenters. The fourth-order valence-electron chi connectivity index (χ4n) is 3.22. The van der Waals surface area contributed by atoms with Crippen LogP contribution in [-0.2, 0) is 0 Å². The Labute approximate surface area is 233 Å². The Balaban J connectivity index is 0. The van der Waals surface area contributed by atoms with Crippen LogP contribution in [0.2, 0.25) is 0 Å². The molecule has 0 spiro atoms. The van der Waals surface area contributed by atoms with E-state index >= 15 is 0 Å². The summed E-state index contributed by atoms with van der Waals surface area (Å²) in [6.45, 7) is 15.0. The SMILES string of the molecule is CCCC[N+](CCCC)(CCCC)CCCC.Fc1c(I)c(F)c(I)c(F)c1I.[Br-]. The van der Waals surface area contributed by atoms with E-state index in [0.29, 0.717) is 0 Å². The predicted molar refractivity (Wildman–Crippen MR) is 144 cm³/mol. The number of benzene rings is 1. The molecule has 0 fully saturated rings. The van der Waals surface area contributed by atoms with Crippen LogP contribution in [0.4, 0.5) is 13.2 Å². The van der Waals surface area contributed by atoms with Crippen LogP contribution in [0.25, 0.3) is 0 Å². The molecule has 0 aliphatic carbocycles. The van der Waals surface area contributed by atoms with Crippen molar-refractivity contribution in [3.63, 3.8) is 0 Å². The van der Waals surface area contributed by atoms with Crippen molar-refractivity contribution >= 4 is 67.8 Å². The van der Waals surface area contributed by atoms with E-state index in [1.54, 1.807) is 0 Å². The quantitative estimate of drug-likeness (QED) is 0.106. The molecular weight excluding hydrogens is 796 g/mol. The Morgan fingerprint density at radius 1 is 0.533 bits per heavy atom. The third-order valence-corrected chi connectivity index (χ3v) is 7.94. The third-order valence-electron chi connectivity index (χ3n) is 5.10. The highest BCUT2D eigenvalue weighted by atomic mass is 127. The standard InChI is InChI=1S/C16H36N.C6F3I3.BrH/c1-5-9-13-17(14-10-6-2,15-11-7-3)16-12-8-4;7-1-4(10)2(8)6(12)3(9)5(1)11;/h5-16H2,1-4H3;;1H/q+1;;/p-1. The molecule has 1 aromatic carbocycles. The van der Waals surface area contributed by atoms with Crippen molar-refractivity contribution < 1.29 is 34.6 Å². The summed E-state index contributed by atoms with van der Waals surface area (Å²) in [4.78, 5) is 0. The molecule has 0 radical (unpaired) electrons. The maximum Gasteiger partial charge on any atom is 0.155 e. The normalized spacial score (nSPS) is 11.0. The van der Waals surface area contributed by atoms with Gasteiger partial charge < -0.3 is 21.5 Å². The van der Waals surface area contributed by atoms with Crippen LogP contribution in [0, 0.1) is 28.2 Å². The van der Waals surface area contributed by atoms with E-state index in [1.165, 1.54) is 150 Å². The Hall–Kier alpha value is 1.64. The second-order valence-corrected chi connectivity index (χ2v) is 10.8. The monoisotopic (exact) mass is 831 g/mol. The maximum absolute atomic E-state index is 12.9. The maximum atomic E-state index is 12.9. The van der Waals surface area contributed by atoms with Gasteiger partial charge in [-0.1, -0.05) is 53.4 Å². The van der Waals surface area contributed by atoms with E-state index < -0.39 is 17.5 Å². The fourth-order valence-corrected chi connectivity index (χ4v) is 6.39. The van der Waals surface area contributed by atoms with Gasteiger partial charge in [-0.05, 0) is 93.5 Å². The third kappa shape index (κ3) is 11.7. The van der Waals surface area contributed by atoms with Crippen molar-refractivity contribution in [3.05, 3.63) is 28.2 Å². The largest absolute Gasteiger partial charge is 1.00 e. The molecule has 1 aromatic rings. The van der Waals surface area contributed by atoms with Crippen LogP contribution < -0.4 is 17.0 Å². The summed E-state index contributed by atoms with van der Waals surface area (Å²) in [7, 11) is 0. The van der Waals surface area contributed by atoms with Crippen LogP contribution >= 0.6 is 67.8 Å². The van der Waals surface area contributed by atoms with E-state index in [1.807, 2.05) is 0 Å². The number of rotatable bonds is 12. The molecule has 0 amide bonds. The summed E-state index contributed by atoms with van der Waals surface area (Å²) in [6, 6.07) is 0. The van der Waals surface area contributed by atoms with Crippen molar-refractivity contribution in [2.45, 2.75) is 79.1 Å². The lowest BCUT2D eigenvalue weighted by molar-refractivity contribution is -0.929. The molecule has 0 saturated heterocycles. The minimum Gasteiger partial charge on any atom is -1.00 e. The Morgan fingerprint density at radius 2 is 0.733 bits per heavy atom. The Bertz CT molecular complexity index is 461. The summed E-state index contributed by atoms with van der Waals surface area (Å²) in [5, 5.41) is 0. The first-order valence-electron chi connectivity index (χ1n) is 10.7. The van der Waals surface area contributed by atoms with E-state index in [9.17, 15) is 13.2 Å². The van der Waals surface area contributed by atoms with Crippen LogP contribution in [0.15, 0.2) is 0 Å². The molecule has 0 aliphatic heterocycles. The Kier molecular flexibility index (Phi) is 21.4. The molecule has 0 saturated carbocycles. The van der Waals surface area contributed by atoms with Gasteiger partial charge in [0.05, 0.1) is 36.9 Å². The number of hydrogen-bond acceptors (Lipinski definition) is 0. The van der Waals surface area contributed by atoms with E-state index in [2.05, 4.69) is 27.7 Å². The van der Waals surface area contributed by atoms with Gasteiger partial charge in [0.2, 0.25) is 0 Å². The van der Waals surface area contributed by atoms with Crippen molar-refractivity contribution in [1.29, 1.82) is 0 Å². The lowest BCUT2D eigenvalue weighted by Gasteiger charge is -2.39. The van der Waals surface area contributed by atoms with Gasteiger partial charge in [-0.25, -0.2) is 13.2 Å². The average Bonchev–Trinajstić information content (AvgIpc) is 2.74. The second-order valence-electron chi connectivity index (χ2n) is 7.53. The lowest BCUT2D eigenvalue weighted by Crippen LogP contribution is -3.00. The molecule has 0 unspecified atom stereocenters. The first kappa shape index (κ1) is 33.8. The van der Waals surface area contributed by atoms with Gasteiger partial charge in [0.25, 0.3) is 0 Å². The number of nitrogens with zero attached hydrogens (tertiary/aromatic N) is 1. The minimum atomic E-state index is -0.827. The lowest BCUT2D eigenvalue weighted by atomic mass is 10.1. The van der Waals surface area contributed by atoms with Crippen molar-refractivity contribution in [3.8, 4) is 0 Å². The highest BCUT2D eigenvalue weighted by Crippen LogP contribution is 2.28. The molecule has 1 nitrogen and oxygen atoms in total. The number of unbranched alkanes of at least 4 members (excludes halogenated alkanes) is 4. The topological polar surface area (TPSA) is 0 Å². The molecule has 178 valence electrons. The van der Waals surface area contributed by atoms with Crippen LogP contribution in [0.3, 0.4) is 0 Å². The molecule has 30 heavy (non-hydrogen) atoms. The highest BCUT2D eigenvalue weighted by Gasteiger charge is 2.24. The summed E-state index contributed by atoms with van der Waals surface area (Å²) >= 11 is 4.53. The predicted octanol–water partition coefficient (Wildman–Crippen LogP) is 5.93. The van der Waals surface area contributed by atoms with E-state index in [0.717, 1.165) is 0 Å².